The number of carbonyl (C=O) groups excluding carboxylic acids is 1. The number of hydrogen-bond donors (Lipinski definition) is 1. The molecule has 6 nitrogen and oxygen atoms in total. The first-order valence-electron chi connectivity index (χ1n) is 7.90. The van der Waals surface area contributed by atoms with Crippen LogP contribution in [0.3, 0.4) is 0 Å². The molecule has 0 amide bonds. The van der Waals surface area contributed by atoms with E-state index in [9.17, 15) is 9.90 Å². The van der Waals surface area contributed by atoms with Gasteiger partial charge in [-0.2, -0.15) is 0 Å². The lowest BCUT2D eigenvalue weighted by Gasteiger charge is -2.51. The Balaban J connectivity index is 1.75. The van der Waals surface area contributed by atoms with E-state index in [0.29, 0.717) is 6.61 Å². The molecule has 3 fully saturated rings. The van der Waals surface area contributed by atoms with Crippen molar-refractivity contribution in [3.63, 3.8) is 0 Å². The highest BCUT2D eigenvalue weighted by Gasteiger charge is 2.54. The Morgan fingerprint density at radius 1 is 1.32 bits per heavy atom. The Morgan fingerprint density at radius 2 is 2.05 bits per heavy atom. The van der Waals surface area contributed by atoms with Gasteiger partial charge in [0.15, 0.2) is 11.9 Å². The first-order valence-corrected chi connectivity index (χ1v) is 9.19. The second kappa shape index (κ2) is 6.65. The van der Waals surface area contributed by atoms with Gasteiger partial charge in [0.05, 0.1) is 6.61 Å². The molecule has 22 heavy (non-hydrogen) atoms. The molecule has 126 valence electrons. The molecule has 2 heterocycles. The number of rotatable bonds is 2. The van der Waals surface area contributed by atoms with Crippen LogP contribution in [-0.4, -0.2) is 59.6 Å². The van der Waals surface area contributed by atoms with Crippen molar-refractivity contribution < 1.29 is 28.8 Å². The van der Waals surface area contributed by atoms with Gasteiger partial charge in [-0.1, -0.05) is 6.42 Å². The Morgan fingerprint density at radius 3 is 2.68 bits per heavy atom. The number of esters is 1. The molecular weight excluding hydrogens is 308 g/mol. The maximum Gasteiger partial charge on any atom is 0.303 e. The van der Waals surface area contributed by atoms with Crippen LogP contribution in [0.15, 0.2) is 0 Å². The molecule has 3 aliphatic rings. The lowest BCUT2D eigenvalue weighted by molar-refractivity contribution is -0.369. The van der Waals surface area contributed by atoms with Gasteiger partial charge in [0.2, 0.25) is 0 Å². The fourth-order valence-corrected chi connectivity index (χ4v) is 4.29. The molecule has 1 aliphatic carbocycles. The normalized spacial score (nSPS) is 41.0. The second-order valence-electron chi connectivity index (χ2n) is 6.21. The first kappa shape index (κ1) is 16.5. The summed E-state index contributed by atoms with van der Waals surface area (Å²) >= 11 is 1.41. The van der Waals surface area contributed by atoms with E-state index in [1.807, 2.05) is 6.26 Å². The molecule has 7 heteroatoms. The van der Waals surface area contributed by atoms with Gasteiger partial charge < -0.3 is 24.1 Å². The number of fused-ring (bicyclic) bond motifs is 1. The average Bonchev–Trinajstić information content (AvgIpc) is 2.51. The Hall–Kier alpha value is -0.340. The van der Waals surface area contributed by atoms with Crippen molar-refractivity contribution in [3.05, 3.63) is 0 Å². The molecular formula is C15H24O6S. The first-order chi connectivity index (χ1) is 10.5. The number of aliphatic hydroxyl groups excluding tert-OH is 1. The van der Waals surface area contributed by atoms with E-state index in [0.717, 1.165) is 25.7 Å². The summed E-state index contributed by atoms with van der Waals surface area (Å²) in [7, 11) is 0. The summed E-state index contributed by atoms with van der Waals surface area (Å²) in [5, 5.41) is 10.7. The molecule has 1 N–H and O–H groups in total. The summed E-state index contributed by atoms with van der Waals surface area (Å²) in [5.41, 5.74) is -0.409. The van der Waals surface area contributed by atoms with Crippen LogP contribution in [-0.2, 0) is 23.7 Å². The summed E-state index contributed by atoms with van der Waals surface area (Å²) in [5.74, 6) is -1.03. The minimum absolute atomic E-state index is 0.327. The van der Waals surface area contributed by atoms with Gasteiger partial charge in [0.1, 0.15) is 23.7 Å². The summed E-state index contributed by atoms with van der Waals surface area (Å²) in [4.78, 5) is 11.3. The lowest BCUT2D eigenvalue weighted by atomic mass is 9.91. The van der Waals surface area contributed by atoms with E-state index in [1.165, 1.54) is 25.1 Å². The minimum atomic E-state index is -0.900. The molecule has 0 radical (unpaired) electrons. The third-order valence-electron chi connectivity index (χ3n) is 4.63. The van der Waals surface area contributed by atoms with E-state index in [-0.39, 0.29) is 6.10 Å². The van der Waals surface area contributed by atoms with Crippen molar-refractivity contribution in [1.82, 2.24) is 0 Å². The Bertz CT molecular complexity index is 411. The van der Waals surface area contributed by atoms with Crippen LogP contribution in [0.5, 0.6) is 0 Å². The van der Waals surface area contributed by atoms with Gasteiger partial charge in [0.25, 0.3) is 0 Å². The summed E-state index contributed by atoms with van der Waals surface area (Å²) in [6.07, 6.45) is 4.40. The lowest BCUT2D eigenvalue weighted by Crippen LogP contribution is -2.65. The highest BCUT2D eigenvalue weighted by Crippen LogP contribution is 2.42. The Kier molecular flexibility index (Phi) is 4.99. The molecule has 3 rings (SSSR count). The number of thioether (sulfide) groups is 1. The van der Waals surface area contributed by atoms with Crippen LogP contribution >= 0.6 is 11.8 Å². The van der Waals surface area contributed by atoms with Crippen molar-refractivity contribution in [2.75, 3.05) is 12.9 Å². The van der Waals surface area contributed by atoms with Crippen LogP contribution in [0.1, 0.15) is 39.0 Å². The van der Waals surface area contributed by atoms with Crippen molar-refractivity contribution in [1.29, 1.82) is 0 Å². The van der Waals surface area contributed by atoms with E-state index in [2.05, 4.69) is 0 Å². The van der Waals surface area contributed by atoms with E-state index in [1.54, 1.807) is 0 Å². The maximum absolute atomic E-state index is 11.3. The average molecular weight is 332 g/mol. The van der Waals surface area contributed by atoms with E-state index < -0.39 is 35.5 Å². The van der Waals surface area contributed by atoms with Gasteiger partial charge in [0, 0.05) is 19.8 Å². The second-order valence-corrected chi connectivity index (χ2v) is 7.14. The van der Waals surface area contributed by atoms with Crippen LogP contribution in [0.2, 0.25) is 0 Å². The van der Waals surface area contributed by atoms with Crippen molar-refractivity contribution in [2.24, 2.45) is 0 Å². The number of ether oxygens (including phenoxy) is 4. The molecule has 2 saturated heterocycles. The molecule has 0 bridgehead atoms. The summed E-state index contributed by atoms with van der Waals surface area (Å²) in [6.45, 7) is 1.75. The Labute approximate surface area is 134 Å². The molecule has 0 unspecified atom stereocenters. The molecule has 1 saturated carbocycles. The summed E-state index contributed by atoms with van der Waals surface area (Å²) in [6, 6.07) is 0. The zero-order valence-electron chi connectivity index (χ0n) is 13.0. The third kappa shape index (κ3) is 3.14. The third-order valence-corrected chi connectivity index (χ3v) is 5.47. The number of carbonyl (C=O) groups is 1. The molecule has 2 aliphatic heterocycles. The summed E-state index contributed by atoms with van der Waals surface area (Å²) < 4.78 is 23.3. The predicted octanol–water partition coefficient (Wildman–Crippen LogP) is 1.44. The zero-order valence-corrected chi connectivity index (χ0v) is 13.8. The number of hydrogen-bond acceptors (Lipinski definition) is 7. The topological polar surface area (TPSA) is 74.2 Å². The van der Waals surface area contributed by atoms with Crippen LogP contribution < -0.4 is 0 Å². The van der Waals surface area contributed by atoms with Crippen molar-refractivity contribution in [3.8, 4) is 0 Å². The number of aliphatic hydroxyl groups is 1. The molecule has 0 aromatic heterocycles. The van der Waals surface area contributed by atoms with Crippen LogP contribution in [0, 0.1) is 0 Å². The highest BCUT2D eigenvalue weighted by atomic mass is 32.2. The van der Waals surface area contributed by atoms with Crippen LogP contribution in [0.25, 0.3) is 0 Å². The van der Waals surface area contributed by atoms with Gasteiger partial charge >= 0.3 is 5.97 Å². The zero-order chi connectivity index (χ0) is 15.7. The van der Waals surface area contributed by atoms with Gasteiger partial charge in [-0.15, -0.1) is 11.8 Å². The monoisotopic (exact) mass is 332 g/mol. The predicted molar refractivity (Wildman–Crippen MR) is 80.4 cm³/mol. The van der Waals surface area contributed by atoms with Crippen molar-refractivity contribution >= 4 is 17.7 Å². The highest BCUT2D eigenvalue weighted by molar-refractivity contribution is 7.99. The van der Waals surface area contributed by atoms with Gasteiger partial charge in [-0.05, 0) is 19.1 Å². The molecule has 5 atom stereocenters. The van der Waals surface area contributed by atoms with Gasteiger partial charge in [-0.25, -0.2) is 0 Å². The largest absolute Gasteiger partial charge is 0.456 e. The fraction of sp³-hybridized carbons (Fsp3) is 0.933. The molecule has 0 aromatic carbocycles. The van der Waals surface area contributed by atoms with Crippen LogP contribution in [0.4, 0.5) is 0 Å². The fourth-order valence-electron chi connectivity index (χ4n) is 3.55. The standard InChI is InChI=1S/C15H24O6S/c1-9(16)19-13-11(17)12-10(20-14(13)22-2)8-18-15(21-12)6-4-3-5-7-15/h10-14,17H,3-8H2,1-2H3/t10-,11+,12-,13+,14-/m1/s1. The quantitative estimate of drug-likeness (QED) is 0.767. The van der Waals surface area contributed by atoms with Crippen molar-refractivity contribution in [2.45, 2.75) is 74.7 Å². The van der Waals surface area contributed by atoms with E-state index >= 15 is 0 Å². The van der Waals surface area contributed by atoms with E-state index in [4.69, 9.17) is 18.9 Å². The smallest absolute Gasteiger partial charge is 0.303 e. The SMILES string of the molecule is CS[C@H]1O[C@@H]2COC3(CCCCC3)O[C@H]2[C@H](O)[C@@H]1OC(C)=O. The van der Waals surface area contributed by atoms with Gasteiger partial charge in [-0.3, -0.25) is 4.79 Å². The maximum atomic E-state index is 11.3. The molecule has 0 aromatic rings. The molecule has 1 spiro atoms. The minimum Gasteiger partial charge on any atom is -0.456 e.